The van der Waals surface area contributed by atoms with Gasteiger partial charge < -0.3 is 5.11 Å². The van der Waals surface area contributed by atoms with Gasteiger partial charge in [-0.25, -0.2) is 0 Å². The molecule has 88 valence electrons. The van der Waals surface area contributed by atoms with Crippen molar-refractivity contribution >= 4 is 17.8 Å². The zero-order valence-electron chi connectivity index (χ0n) is 9.48. The maximum atomic E-state index is 11.4. The molecule has 3 heteroatoms. The molecule has 17 heavy (non-hydrogen) atoms. The minimum Gasteiger partial charge on any atom is -0.481 e. The molecule has 0 unspecified atom stereocenters. The molecular weight excluding hydrogens is 216 g/mol. The molecule has 0 saturated heterocycles. The van der Waals surface area contributed by atoms with Gasteiger partial charge in [0.05, 0.1) is 6.42 Å². The Hall–Kier alpha value is -1.90. The van der Waals surface area contributed by atoms with Gasteiger partial charge in [-0.1, -0.05) is 24.3 Å². The van der Waals surface area contributed by atoms with Gasteiger partial charge in [0, 0.05) is 6.42 Å². The highest BCUT2D eigenvalue weighted by atomic mass is 16.4. The van der Waals surface area contributed by atoms with Crippen LogP contribution in [0, 0.1) is 0 Å². The van der Waals surface area contributed by atoms with Crippen LogP contribution in [0.25, 0.3) is 6.08 Å². The smallest absolute Gasteiger partial charge is 0.307 e. The predicted octanol–water partition coefficient (Wildman–Crippen LogP) is 2.45. The van der Waals surface area contributed by atoms with Gasteiger partial charge in [0.2, 0.25) is 0 Å². The van der Waals surface area contributed by atoms with Gasteiger partial charge >= 0.3 is 5.97 Å². The van der Waals surface area contributed by atoms with E-state index in [0.29, 0.717) is 6.42 Å². The van der Waals surface area contributed by atoms with Crippen molar-refractivity contribution in [3.05, 3.63) is 41.0 Å². The number of allylic oxidation sites excluding steroid dienone is 1. The molecule has 0 heterocycles. The van der Waals surface area contributed by atoms with Crippen LogP contribution in [0.4, 0.5) is 0 Å². The molecule has 1 aromatic rings. The first-order chi connectivity index (χ1) is 8.15. The standard InChI is InChI=1S/C14H14O3/c15-13-3-1-2-12(13)8-10-4-6-11(7-5-10)9-14(16)17/h4-8H,1-3,9H2,(H,16,17). The van der Waals surface area contributed by atoms with Crippen LogP contribution in [0.3, 0.4) is 0 Å². The normalized spacial score (nSPS) is 17.6. The van der Waals surface area contributed by atoms with Crippen molar-refractivity contribution < 1.29 is 14.7 Å². The Labute approximate surface area is 99.8 Å². The third kappa shape index (κ3) is 3.03. The van der Waals surface area contributed by atoms with Crippen molar-refractivity contribution in [2.24, 2.45) is 0 Å². The van der Waals surface area contributed by atoms with E-state index in [4.69, 9.17) is 5.11 Å². The van der Waals surface area contributed by atoms with E-state index in [1.54, 1.807) is 12.1 Å². The van der Waals surface area contributed by atoms with Gasteiger partial charge in [0.1, 0.15) is 0 Å². The minimum absolute atomic E-state index is 0.0375. The van der Waals surface area contributed by atoms with E-state index in [0.717, 1.165) is 29.5 Å². The molecule has 1 N–H and O–H groups in total. The Morgan fingerprint density at radius 3 is 2.47 bits per heavy atom. The number of rotatable bonds is 3. The Morgan fingerprint density at radius 2 is 1.94 bits per heavy atom. The number of carboxylic acids is 1. The van der Waals surface area contributed by atoms with Crippen LogP contribution < -0.4 is 0 Å². The predicted molar refractivity (Wildman–Crippen MR) is 64.6 cm³/mol. The summed E-state index contributed by atoms with van der Waals surface area (Å²) in [5.74, 6) is -0.596. The van der Waals surface area contributed by atoms with Crippen LogP contribution >= 0.6 is 0 Å². The Bertz CT molecular complexity index is 469. The average molecular weight is 230 g/mol. The summed E-state index contributed by atoms with van der Waals surface area (Å²) in [6.07, 6.45) is 4.40. The number of hydrogen-bond acceptors (Lipinski definition) is 2. The Morgan fingerprint density at radius 1 is 1.24 bits per heavy atom. The molecule has 0 aliphatic heterocycles. The molecule has 1 saturated carbocycles. The zero-order chi connectivity index (χ0) is 12.3. The lowest BCUT2D eigenvalue weighted by atomic mass is 10.1. The molecule has 1 aromatic carbocycles. The fraction of sp³-hybridized carbons (Fsp3) is 0.286. The summed E-state index contributed by atoms with van der Waals surface area (Å²) in [6, 6.07) is 7.30. The summed E-state index contributed by atoms with van der Waals surface area (Å²) < 4.78 is 0. The van der Waals surface area contributed by atoms with E-state index >= 15 is 0 Å². The summed E-state index contributed by atoms with van der Waals surface area (Å²) in [5.41, 5.74) is 2.62. The van der Waals surface area contributed by atoms with Gasteiger partial charge in [0.15, 0.2) is 5.78 Å². The van der Waals surface area contributed by atoms with Gasteiger partial charge in [-0.05, 0) is 35.6 Å². The first-order valence-corrected chi connectivity index (χ1v) is 5.69. The van der Waals surface area contributed by atoms with Crippen LogP contribution in [0.15, 0.2) is 29.8 Å². The first kappa shape index (κ1) is 11.6. The maximum absolute atomic E-state index is 11.4. The number of ketones is 1. The highest BCUT2D eigenvalue weighted by Crippen LogP contribution is 2.22. The second kappa shape index (κ2) is 4.95. The number of carboxylic acid groups (broad SMARTS) is 1. The lowest BCUT2D eigenvalue weighted by Gasteiger charge is -1.99. The van der Waals surface area contributed by atoms with Crippen LogP contribution in [0.2, 0.25) is 0 Å². The number of hydrogen-bond donors (Lipinski definition) is 1. The minimum atomic E-state index is -0.831. The van der Waals surface area contributed by atoms with Crippen molar-refractivity contribution in [2.75, 3.05) is 0 Å². The molecule has 0 bridgehead atoms. The Kier molecular flexibility index (Phi) is 3.38. The van der Waals surface area contributed by atoms with Crippen molar-refractivity contribution in [3.63, 3.8) is 0 Å². The number of aliphatic carboxylic acids is 1. The van der Waals surface area contributed by atoms with E-state index in [9.17, 15) is 9.59 Å². The molecule has 1 aliphatic rings. The quantitative estimate of drug-likeness (QED) is 0.811. The molecular formula is C14H14O3. The molecule has 3 nitrogen and oxygen atoms in total. The molecule has 0 aromatic heterocycles. The van der Waals surface area contributed by atoms with E-state index in [1.807, 2.05) is 18.2 Å². The lowest BCUT2D eigenvalue weighted by molar-refractivity contribution is -0.136. The third-order valence-electron chi connectivity index (χ3n) is 2.88. The molecule has 0 amide bonds. The molecule has 0 radical (unpaired) electrons. The van der Waals surface area contributed by atoms with Crippen molar-refractivity contribution in [1.29, 1.82) is 0 Å². The summed E-state index contributed by atoms with van der Waals surface area (Å²) in [4.78, 5) is 22.0. The second-order valence-corrected chi connectivity index (χ2v) is 4.26. The van der Waals surface area contributed by atoms with Crippen LogP contribution in [-0.4, -0.2) is 16.9 Å². The lowest BCUT2D eigenvalue weighted by Crippen LogP contribution is -1.99. The summed E-state index contributed by atoms with van der Waals surface area (Å²) in [5, 5.41) is 8.64. The van der Waals surface area contributed by atoms with E-state index < -0.39 is 5.97 Å². The van der Waals surface area contributed by atoms with Gasteiger partial charge in [0.25, 0.3) is 0 Å². The average Bonchev–Trinajstić information content (AvgIpc) is 2.67. The van der Waals surface area contributed by atoms with Gasteiger partial charge in [-0.3, -0.25) is 9.59 Å². The molecule has 1 fully saturated rings. The Balaban J connectivity index is 2.13. The van der Waals surface area contributed by atoms with E-state index in [1.165, 1.54) is 0 Å². The van der Waals surface area contributed by atoms with Crippen molar-refractivity contribution in [2.45, 2.75) is 25.7 Å². The number of carbonyl (C=O) groups excluding carboxylic acids is 1. The molecule has 0 atom stereocenters. The topological polar surface area (TPSA) is 54.4 Å². The molecule has 0 spiro atoms. The van der Waals surface area contributed by atoms with Gasteiger partial charge in [-0.15, -0.1) is 0 Å². The van der Waals surface area contributed by atoms with Crippen LogP contribution in [0.5, 0.6) is 0 Å². The monoisotopic (exact) mass is 230 g/mol. The number of carbonyl (C=O) groups is 2. The number of benzene rings is 1. The van der Waals surface area contributed by atoms with E-state index in [2.05, 4.69) is 0 Å². The fourth-order valence-corrected chi connectivity index (χ4v) is 2.00. The molecule has 1 aliphatic carbocycles. The first-order valence-electron chi connectivity index (χ1n) is 5.69. The van der Waals surface area contributed by atoms with Gasteiger partial charge in [-0.2, -0.15) is 0 Å². The fourth-order valence-electron chi connectivity index (χ4n) is 2.00. The van der Waals surface area contributed by atoms with E-state index in [-0.39, 0.29) is 12.2 Å². The highest BCUT2D eigenvalue weighted by Gasteiger charge is 2.16. The maximum Gasteiger partial charge on any atom is 0.307 e. The SMILES string of the molecule is O=C(O)Cc1ccc(C=C2CCCC2=O)cc1. The highest BCUT2D eigenvalue weighted by molar-refractivity contribution is 6.01. The number of Topliss-reactive ketones (excluding diaryl/α,β-unsaturated/α-hetero) is 1. The third-order valence-corrected chi connectivity index (χ3v) is 2.88. The second-order valence-electron chi connectivity index (χ2n) is 4.26. The van der Waals surface area contributed by atoms with Crippen molar-refractivity contribution in [1.82, 2.24) is 0 Å². The molecule has 2 rings (SSSR count). The van der Waals surface area contributed by atoms with Crippen LogP contribution in [-0.2, 0) is 16.0 Å². The largest absolute Gasteiger partial charge is 0.481 e. The summed E-state index contributed by atoms with van der Waals surface area (Å²) >= 11 is 0. The summed E-state index contributed by atoms with van der Waals surface area (Å²) in [6.45, 7) is 0. The van der Waals surface area contributed by atoms with Crippen LogP contribution in [0.1, 0.15) is 30.4 Å². The summed E-state index contributed by atoms with van der Waals surface area (Å²) in [7, 11) is 0. The zero-order valence-corrected chi connectivity index (χ0v) is 9.48. The van der Waals surface area contributed by atoms with Crippen molar-refractivity contribution in [3.8, 4) is 0 Å².